The second-order valence-electron chi connectivity index (χ2n) is 5.64. The van der Waals surface area contributed by atoms with Gasteiger partial charge in [0.15, 0.2) is 11.6 Å². The Morgan fingerprint density at radius 3 is 2.38 bits per heavy atom. The van der Waals surface area contributed by atoms with Crippen molar-refractivity contribution >= 4 is 23.2 Å². The summed E-state index contributed by atoms with van der Waals surface area (Å²) in [5.41, 5.74) is 1.93. The number of carbonyl (C=O) groups is 1. The Morgan fingerprint density at radius 2 is 1.79 bits per heavy atom. The van der Waals surface area contributed by atoms with Gasteiger partial charge in [-0.25, -0.2) is 0 Å². The van der Waals surface area contributed by atoms with E-state index >= 15 is 0 Å². The summed E-state index contributed by atoms with van der Waals surface area (Å²) < 4.78 is 5.33. The van der Waals surface area contributed by atoms with Crippen LogP contribution in [0.25, 0.3) is 0 Å². The largest absolute Gasteiger partial charge is 0.495 e. The van der Waals surface area contributed by atoms with Crippen molar-refractivity contribution in [3.8, 4) is 5.75 Å². The summed E-state index contributed by atoms with van der Waals surface area (Å²) in [5, 5.41) is 14.2. The fourth-order valence-corrected chi connectivity index (χ4v) is 2.41. The Labute approximate surface area is 142 Å². The lowest BCUT2D eigenvalue weighted by atomic mass is 10.0. The van der Waals surface area contributed by atoms with Crippen molar-refractivity contribution in [3.63, 3.8) is 0 Å². The summed E-state index contributed by atoms with van der Waals surface area (Å²) in [7, 11) is 1.62. The molecule has 0 saturated carbocycles. The molecule has 1 heterocycles. The number of hydrogen-bond donors (Lipinski definition) is 2. The maximum Gasteiger partial charge on any atom is 0.228 e. The van der Waals surface area contributed by atoms with Gasteiger partial charge in [-0.05, 0) is 49.6 Å². The molecule has 128 valence electrons. The van der Waals surface area contributed by atoms with Gasteiger partial charge in [0.25, 0.3) is 0 Å². The molecule has 0 fully saturated rings. The van der Waals surface area contributed by atoms with Crippen LogP contribution >= 0.6 is 0 Å². The van der Waals surface area contributed by atoms with Gasteiger partial charge in [0.05, 0.1) is 12.8 Å². The zero-order valence-corrected chi connectivity index (χ0v) is 14.6. The Balaban J connectivity index is 2.07. The first-order chi connectivity index (χ1) is 11.6. The first-order valence-electron chi connectivity index (χ1n) is 8.13. The molecule has 2 N–H and O–H groups in total. The van der Waals surface area contributed by atoms with Crippen molar-refractivity contribution in [2.24, 2.45) is 5.92 Å². The first-order valence-corrected chi connectivity index (χ1v) is 8.13. The highest BCUT2D eigenvalue weighted by Gasteiger charge is 2.14. The number of benzene rings is 1. The highest BCUT2D eigenvalue weighted by Crippen LogP contribution is 2.27. The number of carbonyl (C=O) groups excluding carboxylic acids is 1. The number of anilines is 3. The Morgan fingerprint density at radius 1 is 1.12 bits per heavy atom. The van der Waals surface area contributed by atoms with E-state index < -0.39 is 0 Å². The van der Waals surface area contributed by atoms with Crippen LogP contribution in [0.4, 0.5) is 17.3 Å². The van der Waals surface area contributed by atoms with Crippen LogP contribution in [0.5, 0.6) is 5.75 Å². The average Bonchev–Trinajstić information content (AvgIpc) is 2.58. The number of aryl methyl sites for hydroxylation is 1. The molecule has 0 aliphatic heterocycles. The van der Waals surface area contributed by atoms with Crippen molar-refractivity contribution in [1.82, 2.24) is 10.2 Å². The van der Waals surface area contributed by atoms with E-state index in [-0.39, 0.29) is 11.8 Å². The number of nitrogens with one attached hydrogen (secondary N) is 2. The highest BCUT2D eigenvalue weighted by molar-refractivity contribution is 5.91. The Bertz CT molecular complexity index is 682. The molecule has 1 aromatic carbocycles. The molecular formula is C18H24N4O2. The van der Waals surface area contributed by atoms with Crippen molar-refractivity contribution in [2.45, 2.75) is 33.6 Å². The molecule has 0 saturated heterocycles. The van der Waals surface area contributed by atoms with Crippen LogP contribution in [0.3, 0.4) is 0 Å². The second kappa shape index (κ2) is 8.29. The normalized spacial score (nSPS) is 10.5. The predicted octanol–water partition coefficient (Wildman–Crippen LogP) is 3.91. The number of methoxy groups -OCH3 is 1. The van der Waals surface area contributed by atoms with Crippen LogP contribution in [0, 0.1) is 12.8 Å². The van der Waals surface area contributed by atoms with Gasteiger partial charge in [-0.15, -0.1) is 10.2 Å². The summed E-state index contributed by atoms with van der Waals surface area (Å²) in [6, 6.07) is 9.36. The molecule has 6 heteroatoms. The number of nitrogens with zero attached hydrogens (tertiary/aromatic N) is 2. The Hall–Kier alpha value is -2.63. The number of ether oxygens (including phenoxy) is 1. The average molecular weight is 328 g/mol. The van der Waals surface area contributed by atoms with Gasteiger partial charge in [-0.3, -0.25) is 4.79 Å². The fraction of sp³-hybridized carbons (Fsp3) is 0.389. The van der Waals surface area contributed by atoms with Gasteiger partial charge in [0, 0.05) is 5.92 Å². The van der Waals surface area contributed by atoms with Crippen LogP contribution in [-0.4, -0.2) is 23.2 Å². The van der Waals surface area contributed by atoms with Crippen LogP contribution < -0.4 is 15.4 Å². The van der Waals surface area contributed by atoms with E-state index in [1.54, 1.807) is 19.2 Å². The van der Waals surface area contributed by atoms with E-state index in [1.807, 2.05) is 39.0 Å². The maximum absolute atomic E-state index is 12.1. The molecule has 0 aliphatic carbocycles. The quantitative estimate of drug-likeness (QED) is 0.806. The first kappa shape index (κ1) is 17.7. The molecule has 1 amide bonds. The SMILES string of the molecule is CCC(CC)C(=O)Nc1ccc(Nc2cc(C)ccc2OC)nn1. The standard InChI is InChI=1S/C18H24N4O2/c1-5-13(6-2)18(23)20-17-10-9-16(21-22-17)19-14-11-12(3)7-8-15(14)24-4/h7-11,13H,5-6H2,1-4H3,(H,19,21)(H,20,22,23). The van der Waals surface area contributed by atoms with Gasteiger partial charge in [-0.2, -0.15) is 0 Å². The van der Waals surface area contributed by atoms with Crippen LogP contribution in [0.2, 0.25) is 0 Å². The van der Waals surface area contributed by atoms with E-state index in [2.05, 4.69) is 20.8 Å². The van der Waals surface area contributed by atoms with Gasteiger partial charge in [0.2, 0.25) is 5.91 Å². The van der Waals surface area contributed by atoms with E-state index in [0.29, 0.717) is 11.6 Å². The summed E-state index contributed by atoms with van der Waals surface area (Å²) in [4.78, 5) is 12.1. The van der Waals surface area contributed by atoms with Crippen LogP contribution in [-0.2, 0) is 4.79 Å². The van der Waals surface area contributed by atoms with Gasteiger partial charge >= 0.3 is 0 Å². The van der Waals surface area contributed by atoms with E-state index in [0.717, 1.165) is 29.8 Å². The molecule has 0 radical (unpaired) electrons. The lowest BCUT2D eigenvalue weighted by Gasteiger charge is -2.13. The number of hydrogen-bond acceptors (Lipinski definition) is 5. The molecule has 2 rings (SSSR count). The molecule has 0 atom stereocenters. The topological polar surface area (TPSA) is 76.1 Å². The van der Waals surface area contributed by atoms with E-state index in [1.165, 1.54) is 0 Å². The lowest BCUT2D eigenvalue weighted by Crippen LogP contribution is -2.22. The number of amides is 1. The summed E-state index contributed by atoms with van der Waals surface area (Å²) in [6.45, 7) is 6.01. The molecule has 0 unspecified atom stereocenters. The third-order valence-electron chi connectivity index (χ3n) is 3.89. The summed E-state index contributed by atoms with van der Waals surface area (Å²) in [6.07, 6.45) is 1.62. The zero-order valence-electron chi connectivity index (χ0n) is 14.6. The molecule has 1 aromatic heterocycles. The van der Waals surface area contributed by atoms with Gasteiger partial charge < -0.3 is 15.4 Å². The molecule has 6 nitrogen and oxygen atoms in total. The lowest BCUT2D eigenvalue weighted by molar-refractivity contribution is -0.120. The molecule has 2 aromatic rings. The van der Waals surface area contributed by atoms with Crippen molar-refractivity contribution in [3.05, 3.63) is 35.9 Å². The zero-order chi connectivity index (χ0) is 17.5. The third-order valence-corrected chi connectivity index (χ3v) is 3.89. The molecular weight excluding hydrogens is 304 g/mol. The van der Waals surface area contributed by atoms with Gasteiger partial charge in [-0.1, -0.05) is 19.9 Å². The van der Waals surface area contributed by atoms with Crippen molar-refractivity contribution in [1.29, 1.82) is 0 Å². The molecule has 0 bridgehead atoms. The third kappa shape index (κ3) is 4.44. The fourth-order valence-electron chi connectivity index (χ4n) is 2.41. The smallest absolute Gasteiger partial charge is 0.228 e. The predicted molar refractivity (Wildman–Crippen MR) is 95.7 cm³/mol. The van der Waals surface area contributed by atoms with Crippen molar-refractivity contribution < 1.29 is 9.53 Å². The Kier molecular flexibility index (Phi) is 6.12. The van der Waals surface area contributed by atoms with Gasteiger partial charge in [0.1, 0.15) is 5.75 Å². The van der Waals surface area contributed by atoms with E-state index in [4.69, 9.17) is 4.74 Å². The molecule has 24 heavy (non-hydrogen) atoms. The van der Waals surface area contributed by atoms with Crippen LogP contribution in [0.15, 0.2) is 30.3 Å². The molecule has 0 spiro atoms. The maximum atomic E-state index is 12.1. The number of rotatable bonds is 7. The van der Waals surface area contributed by atoms with Crippen LogP contribution in [0.1, 0.15) is 32.3 Å². The minimum absolute atomic E-state index is 0.00107. The van der Waals surface area contributed by atoms with Crippen molar-refractivity contribution in [2.75, 3.05) is 17.7 Å². The van der Waals surface area contributed by atoms with E-state index in [9.17, 15) is 4.79 Å². The molecule has 0 aliphatic rings. The number of aromatic nitrogens is 2. The minimum Gasteiger partial charge on any atom is -0.495 e. The summed E-state index contributed by atoms with van der Waals surface area (Å²) in [5.74, 6) is 1.75. The second-order valence-corrected chi connectivity index (χ2v) is 5.64. The summed E-state index contributed by atoms with van der Waals surface area (Å²) >= 11 is 0. The monoisotopic (exact) mass is 328 g/mol. The minimum atomic E-state index is -0.0182. The highest BCUT2D eigenvalue weighted by atomic mass is 16.5.